The Bertz CT molecular complexity index is 857. The first-order chi connectivity index (χ1) is 11.0. The molecule has 23 heavy (non-hydrogen) atoms. The van der Waals surface area contributed by atoms with Crippen molar-refractivity contribution in [2.24, 2.45) is 0 Å². The first-order valence-electron chi connectivity index (χ1n) is 6.68. The average molecular weight is 330 g/mol. The number of rotatable bonds is 2. The number of anilines is 1. The first-order valence-corrected chi connectivity index (χ1v) is 7.56. The van der Waals surface area contributed by atoms with E-state index in [1.165, 1.54) is 35.6 Å². The van der Waals surface area contributed by atoms with E-state index in [2.05, 4.69) is 5.32 Å². The molecule has 0 unspecified atom stereocenters. The van der Waals surface area contributed by atoms with Gasteiger partial charge in [0.05, 0.1) is 5.69 Å². The molecule has 116 valence electrons. The van der Waals surface area contributed by atoms with E-state index in [0.717, 1.165) is 21.4 Å². The van der Waals surface area contributed by atoms with Gasteiger partial charge in [0.1, 0.15) is 11.4 Å². The second-order valence-electron chi connectivity index (χ2n) is 4.91. The zero-order valence-corrected chi connectivity index (χ0v) is 12.8. The molecule has 0 atom stereocenters. The smallest absolute Gasteiger partial charge is 0.273 e. The highest BCUT2D eigenvalue weighted by atomic mass is 32.1. The van der Waals surface area contributed by atoms with Crippen LogP contribution in [0.25, 0.3) is 6.08 Å². The summed E-state index contributed by atoms with van der Waals surface area (Å²) in [4.78, 5) is 38.0. The van der Waals surface area contributed by atoms with E-state index >= 15 is 0 Å². The van der Waals surface area contributed by atoms with Crippen molar-refractivity contribution >= 4 is 40.9 Å². The zero-order chi connectivity index (χ0) is 16.6. The number of thiophene rings is 1. The molecule has 1 saturated heterocycles. The summed E-state index contributed by atoms with van der Waals surface area (Å²) in [6.07, 6.45) is 1.44. The number of nitrogens with zero attached hydrogens (tertiary/aromatic N) is 1. The molecule has 0 radical (unpaired) electrons. The van der Waals surface area contributed by atoms with Crippen molar-refractivity contribution in [2.45, 2.75) is 6.92 Å². The number of benzene rings is 1. The predicted octanol–water partition coefficient (Wildman–Crippen LogP) is 2.86. The van der Waals surface area contributed by atoms with Gasteiger partial charge in [0.25, 0.3) is 11.8 Å². The van der Waals surface area contributed by atoms with E-state index in [-0.39, 0.29) is 11.3 Å². The molecule has 1 N–H and O–H groups in total. The monoisotopic (exact) mass is 330 g/mol. The SMILES string of the molecule is Cc1ccsc1/C=C1\C(=O)NC(=O)N(c2cccc(F)c2)C1=O. The molecule has 4 amide bonds. The second-order valence-corrected chi connectivity index (χ2v) is 5.85. The number of carbonyl (C=O) groups is 3. The fraction of sp³-hybridized carbons (Fsp3) is 0.0625. The van der Waals surface area contributed by atoms with Crippen LogP contribution in [0.5, 0.6) is 0 Å². The van der Waals surface area contributed by atoms with Gasteiger partial charge >= 0.3 is 6.03 Å². The number of halogens is 1. The van der Waals surface area contributed by atoms with E-state index in [1.54, 1.807) is 0 Å². The van der Waals surface area contributed by atoms with Gasteiger partial charge in [0.2, 0.25) is 0 Å². The number of hydrogen-bond acceptors (Lipinski definition) is 4. The summed E-state index contributed by atoms with van der Waals surface area (Å²) in [5.41, 5.74) is 0.811. The van der Waals surface area contributed by atoms with Gasteiger partial charge in [-0.25, -0.2) is 14.1 Å². The third-order valence-electron chi connectivity index (χ3n) is 3.35. The Kier molecular flexibility index (Phi) is 3.79. The van der Waals surface area contributed by atoms with Gasteiger partial charge in [-0.2, -0.15) is 0 Å². The van der Waals surface area contributed by atoms with Crippen molar-refractivity contribution < 1.29 is 18.8 Å². The van der Waals surface area contributed by atoms with Crippen LogP contribution in [0.3, 0.4) is 0 Å². The largest absolute Gasteiger partial charge is 0.335 e. The predicted molar refractivity (Wildman–Crippen MR) is 84.5 cm³/mol. The van der Waals surface area contributed by atoms with Crippen LogP contribution < -0.4 is 10.2 Å². The fourth-order valence-electron chi connectivity index (χ4n) is 2.17. The Labute approximate surface area is 135 Å². The summed E-state index contributed by atoms with van der Waals surface area (Å²) in [5, 5.41) is 3.94. The second kappa shape index (κ2) is 5.77. The molecule has 2 aromatic rings. The molecular formula is C16H11FN2O3S. The van der Waals surface area contributed by atoms with Crippen LogP contribution in [0.2, 0.25) is 0 Å². The minimum absolute atomic E-state index is 0.0637. The van der Waals surface area contributed by atoms with Gasteiger partial charge < -0.3 is 0 Å². The Balaban J connectivity index is 2.04. The van der Waals surface area contributed by atoms with Crippen molar-refractivity contribution in [1.82, 2.24) is 5.32 Å². The molecule has 3 rings (SSSR count). The number of hydrogen-bond donors (Lipinski definition) is 1. The minimum Gasteiger partial charge on any atom is -0.273 e. The summed E-state index contributed by atoms with van der Waals surface area (Å²) in [5.74, 6) is -2.13. The number of nitrogens with one attached hydrogen (secondary N) is 1. The molecule has 0 saturated carbocycles. The quantitative estimate of drug-likeness (QED) is 0.680. The summed E-state index contributed by atoms with van der Waals surface area (Å²) >= 11 is 1.38. The summed E-state index contributed by atoms with van der Waals surface area (Å²) < 4.78 is 13.4. The molecule has 5 nitrogen and oxygen atoms in total. The third kappa shape index (κ3) is 2.78. The molecule has 0 bridgehead atoms. The van der Waals surface area contributed by atoms with E-state index in [9.17, 15) is 18.8 Å². The molecule has 7 heteroatoms. The lowest BCUT2D eigenvalue weighted by molar-refractivity contribution is -0.122. The summed E-state index contributed by atoms with van der Waals surface area (Å²) in [6.45, 7) is 1.85. The lowest BCUT2D eigenvalue weighted by Gasteiger charge is -2.26. The Morgan fingerprint density at radius 2 is 2.00 bits per heavy atom. The Hall–Kier alpha value is -2.80. The van der Waals surface area contributed by atoms with Gasteiger partial charge in [-0.1, -0.05) is 6.07 Å². The van der Waals surface area contributed by atoms with Crippen LogP contribution in [-0.4, -0.2) is 17.8 Å². The van der Waals surface area contributed by atoms with Gasteiger partial charge in [0, 0.05) is 4.88 Å². The highest BCUT2D eigenvalue weighted by molar-refractivity contribution is 7.11. The first kappa shape index (κ1) is 15.1. The van der Waals surface area contributed by atoms with Gasteiger partial charge in [-0.15, -0.1) is 11.3 Å². The molecule has 1 aliphatic rings. The number of aryl methyl sites for hydroxylation is 1. The highest BCUT2D eigenvalue weighted by Gasteiger charge is 2.37. The Morgan fingerprint density at radius 3 is 2.65 bits per heavy atom. The molecule has 1 fully saturated rings. The fourth-order valence-corrected chi connectivity index (χ4v) is 3.03. The van der Waals surface area contributed by atoms with Crippen LogP contribution in [0.1, 0.15) is 10.4 Å². The topological polar surface area (TPSA) is 66.5 Å². The van der Waals surface area contributed by atoms with Gasteiger partial charge in [-0.05, 0) is 48.2 Å². The normalized spacial score (nSPS) is 16.9. The maximum absolute atomic E-state index is 13.4. The van der Waals surface area contributed by atoms with Crippen molar-refractivity contribution in [3.05, 3.63) is 57.5 Å². The van der Waals surface area contributed by atoms with Crippen molar-refractivity contribution in [3.8, 4) is 0 Å². The number of barbiturate groups is 1. The third-order valence-corrected chi connectivity index (χ3v) is 4.31. The summed E-state index contributed by atoms with van der Waals surface area (Å²) in [6, 6.07) is 6.02. The lowest BCUT2D eigenvalue weighted by atomic mass is 10.1. The number of imide groups is 2. The standard InChI is InChI=1S/C16H11FN2O3S/c1-9-5-6-23-13(9)8-12-14(20)18-16(22)19(15(12)21)11-4-2-3-10(17)7-11/h2-8H,1H3,(H,18,20,22)/b12-8+. The van der Waals surface area contributed by atoms with Crippen LogP contribution in [0.15, 0.2) is 41.3 Å². The number of amides is 4. The molecular weight excluding hydrogens is 319 g/mol. The summed E-state index contributed by atoms with van der Waals surface area (Å²) in [7, 11) is 0. The maximum atomic E-state index is 13.4. The van der Waals surface area contributed by atoms with Crippen molar-refractivity contribution in [1.29, 1.82) is 0 Å². The molecule has 0 spiro atoms. The molecule has 0 aliphatic carbocycles. The van der Waals surface area contributed by atoms with Gasteiger partial charge in [0.15, 0.2) is 0 Å². The van der Waals surface area contributed by atoms with E-state index < -0.39 is 23.7 Å². The number of carbonyl (C=O) groups excluding carboxylic acids is 3. The van der Waals surface area contributed by atoms with Gasteiger partial charge in [-0.3, -0.25) is 14.9 Å². The maximum Gasteiger partial charge on any atom is 0.335 e. The van der Waals surface area contributed by atoms with Crippen LogP contribution in [0, 0.1) is 12.7 Å². The van der Waals surface area contributed by atoms with Crippen LogP contribution >= 0.6 is 11.3 Å². The van der Waals surface area contributed by atoms with E-state index in [0.29, 0.717) is 0 Å². The molecule has 2 heterocycles. The van der Waals surface area contributed by atoms with Crippen LogP contribution in [-0.2, 0) is 9.59 Å². The number of urea groups is 1. The zero-order valence-electron chi connectivity index (χ0n) is 12.0. The molecule has 1 aliphatic heterocycles. The van der Waals surface area contributed by atoms with Crippen molar-refractivity contribution in [2.75, 3.05) is 4.90 Å². The minimum atomic E-state index is -0.898. The molecule has 1 aromatic carbocycles. The Morgan fingerprint density at radius 1 is 1.22 bits per heavy atom. The van der Waals surface area contributed by atoms with Crippen molar-refractivity contribution in [3.63, 3.8) is 0 Å². The van der Waals surface area contributed by atoms with E-state index in [4.69, 9.17) is 0 Å². The average Bonchev–Trinajstić information content (AvgIpc) is 2.88. The van der Waals surface area contributed by atoms with E-state index in [1.807, 2.05) is 18.4 Å². The highest BCUT2D eigenvalue weighted by Crippen LogP contribution is 2.25. The van der Waals surface area contributed by atoms with Crippen LogP contribution in [0.4, 0.5) is 14.9 Å². The lowest BCUT2D eigenvalue weighted by Crippen LogP contribution is -2.54. The molecule has 1 aromatic heterocycles.